The summed E-state index contributed by atoms with van der Waals surface area (Å²) in [5.41, 5.74) is -0.0290. The third kappa shape index (κ3) is 27.1. The molecule has 2 N–H and O–H groups in total. The number of carbonyl (C=O) groups is 2. The third-order valence-electron chi connectivity index (χ3n) is 7.46. The van der Waals surface area contributed by atoms with Gasteiger partial charge in [-0.05, 0) is 24.2 Å². The molecule has 51 heavy (non-hydrogen) atoms. The molecule has 0 spiro atoms. The Morgan fingerprint density at radius 1 is 0.569 bits per heavy atom. The van der Waals surface area contributed by atoms with Gasteiger partial charge in [0.15, 0.2) is 0 Å². The molecule has 9 heteroatoms. The fraction of sp³-hybridized carbons (Fsp3) is 0.476. The summed E-state index contributed by atoms with van der Waals surface area (Å²) in [7, 11) is 0. The Hall–Kier alpha value is -3.23. The van der Waals surface area contributed by atoms with Gasteiger partial charge in [-0.25, -0.2) is 41.9 Å². The molecule has 0 radical (unpaired) electrons. The number of allylic oxidation sites excluding steroid dienone is 8. The fourth-order valence-corrected chi connectivity index (χ4v) is 4.67. The molecule has 0 heterocycles. The third-order valence-corrected chi connectivity index (χ3v) is 7.46. The first kappa shape index (κ1) is 47.8. The second kappa shape index (κ2) is 32.7. The van der Waals surface area contributed by atoms with Crippen LogP contribution in [0.25, 0.3) is 0 Å². The van der Waals surface area contributed by atoms with Crippen LogP contribution >= 0.6 is 0 Å². The van der Waals surface area contributed by atoms with E-state index in [1.807, 2.05) is 36.4 Å². The molecule has 276 valence electrons. The summed E-state index contributed by atoms with van der Waals surface area (Å²) in [4.78, 5) is 23.2. The molecule has 2 aliphatic rings. The van der Waals surface area contributed by atoms with E-state index in [0.717, 1.165) is 63.5 Å². The van der Waals surface area contributed by atoms with Crippen molar-refractivity contribution in [3.8, 4) is 0 Å². The summed E-state index contributed by atoms with van der Waals surface area (Å²) in [5.74, 6) is -3.74. The Kier molecular flexibility index (Phi) is 30.6. The number of amides is 2. The number of carbonyl (C=O) groups excluding carboxylic acids is 2. The molecule has 0 bridgehead atoms. The van der Waals surface area contributed by atoms with Crippen LogP contribution in [0.2, 0.25) is 0 Å². The molecule has 0 saturated heterocycles. The summed E-state index contributed by atoms with van der Waals surface area (Å²) >= 11 is 0. The van der Waals surface area contributed by atoms with Crippen LogP contribution in [0.15, 0.2) is 60.7 Å². The van der Waals surface area contributed by atoms with E-state index in [9.17, 15) is 27.2 Å². The molecule has 0 saturated carbocycles. The molecule has 2 aliphatic carbocycles. The van der Waals surface area contributed by atoms with E-state index < -0.39 is 23.3 Å². The number of unbranched alkanes of at least 4 members (excludes halogenated alkanes) is 12. The first-order chi connectivity index (χ1) is 24.3. The number of benzene rings is 2. The smallest absolute Gasteiger partial charge is 0.377 e. The maximum atomic E-state index is 13.3. The van der Waals surface area contributed by atoms with Crippen molar-refractivity contribution in [2.75, 3.05) is 10.6 Å². The van der Waals surface area contributed by atoms with Gasteiger partial charge in [0.1, 0.15) is 0 Å². The maximum Gasteiger partial charge on any atom is 4.00 e. The van der Waals surface area contributed by atoms with Crippen LogP contribution in [-0.4, -0.2) is 11.8 Å². The Labute approximate surface area is 319 Å². The van der Waals surface area contributed by atoms with E-state index in [1.54, 1.807) is 0 Å². The van der Waals surface area contributed by atoms with E-state index in [1.165, 1.54) is 63.5 Å². The molecule has 0 aliphatic heterocycles. The summed E-state index contributed by atoms with van der Waals surface area (Å²) in [5, 5.41) is 4.87. The first-order valence-corrected chi connectivity index (χ1v) is 18.0. The quantitative estimate of drug-likeness (QED) is 0.0691. The van der Waals surface area contributed by atoms with Crippen LogP contribution in [0.3, 0.4) is 0 Å². The van der Waals surface area contributed by atoms with Gasteiger partial charge in [-0.15, -0.1) is 49.2 Å². The van der Waals surface area contributed by atoms with E-state index in [0.29, 0.717) is 12.8 Å². The zero-order chi connectivity index (χ0) is 36.7. The van der Waals surface area contributed by atoms with Gasteiger partial charge in [-0.3, -0.25) is 21.7 Å². The molecule has 2 aromatic rings. The van der Waals surface area contributed by atoms with E-state index >= 15 is 0 Å². The molecular weight excluding hydrogens is 688 g/mol. The van der Waals surface area contributed by atoms with Crippen LogP contribution in [0.5, 0.6) is 0 Å². The molecule has 0 atom stereocenters. The minimum atomic E-state index is -0.863. The fourth-order valence-electron chi connectivity index (χ4n) is 4.67. The Bertz CT molecular complexity index is 1220. The van der Waals surface area contributed by atoms with Crippen LogP contribution < -0.4 is 10.6 Å². The van der Waals surface area contributed by atoms with Crippen molar-refractivity contribution in [1.29, 1.82) is 0 Å². The Morgan fingerprint density at radius 2 is 0.922 bits per heavy atom. The number of hydrogen-bond donors (Lipinski definition) is 2. The largest absolute Gasteiger partial charge is 4.00 e. The van der Waals surface area contributed by atoms with Gasteiger partial charge in [-0.1, -0.05) is 90.9 Å². The second-order valence-electron chi connectivity index (χ2n) is 11.9. The molecular formula is C42H54F4N2O2Ti. The molecule has 4 rings (SSSR count). The summed E-state index contributed by atoms with van der Waals surface area (Å²) in [6.07, 6.45) is 36.5. The van der Waals surface area contributed by atoms with Crippen molar-refractivity contribution in [2.45, 2.75) is 129 Å². The SMILES string of the molecule is CCCCCCCCCC(=O)Nc1ccc(F)[c-]c1F.CCCCCCCCCC(=O)Nc1ccc(F)[c-]c1F.[C-]1=CC=CC1.[C-]1=CC=CC1.[Ti+4]. The molecule has 2 amide bonds. The average Bonchev–Trinajstić information content (AvgIpc) is 3.88. The van der Waals surface area contributed by atoms with E-state index in [4.69, 9.17) is 0 Å². The van der Waals surface area contributed by atoms with Gasteiger partial charge >= 0.3 is 21.7 Å². The zero-order valence-electron chi connectivity index (χ0n) is 30.3. The molecule has 2 aromatic carbocycles. The molecule has 4 nitrogen and oxygen atoms in total. The number of rotatable bonds is 18. The molecule has 0 unspecified atom stereocenters. The minimum absolute atomic E-state index is 0. The molecule has 0 fully saturated rings. The van der Waals surface area contributed by atoms with Crippen molar-refractivity contribution in [2.24, 2.45) is 0 Å². The predicted octanol–water partition coefficient (Wildman–Crippen LogP) is 12.3. The van der Waals surface area contributed by atoms with Crippen molar-refractivity contribution >= 4 is 23.2 Å². The van der Waals surface area contributed by atoms with Crippen LogP contribution in [0.4, 0.5) is 28.9 Å². The van der Waals surface area contributed by atoms with Gasteiger partial charge < -0.3 is 10.6 Å². The van der Waals surface area contributed by atoms with Crippen molar-refractivity contribution in [3.05, 3.63) is 108 Å². The second-order valence-corrected chi connectivity index (χ2v) is 11.9. The maximum absolute atomic E-state index is 13.3. The van der Waals surface area contributed by atoms with Crippen LogP contribution in [0.1, 0.15) is 129 Å². The number of nitrogens with one attached hydrogen (secondary N) is 2. The average molecular weight is 743 g/mol. The summed E-state index contributed by atoms with van der Waals surface area (Å²) < 4.78 is 51.8. The van der Waals surface area contributed by atoms with Gasteiger partial charge in [-0.2, -0.15) is 12.2 Å². The summed E-state index contributed by atoms with van der Waals surface area (Å²) in [6.45, 7) is 4.35. The van der Waals surface area contributed by atoms with Crippen molar-refractivity contribution < 1.29 is 48.9 Å². The zero-order valence-corrected chi connectivity index (χ0v) is 31.9. The number of hydrogen-bond acceptors (Lipinski definition) is 2. The Balaban J connectivity index is 0.000000754. The predicted molar refractivity (Wildman–Crippen MR) is 196 cm³/mol. The van der Waals surface area contributed by atoms with E-state index in [-0.39, 0.29) is 44.9 Å². The van der Waals surface area contributed by atoms with Gasteiger partial charge in [0.25, 0.3) is 0 Å². The topological polar surface area (TPSA) is 58.2 Å². The summed E-state index contributed by atoms with van der Waals surface area (Å²) in [6, 6.07) is 8.36. The molecule has 0 aromatic heterocycles. The minimum Gasteiger partial charge on any atom is -0.377 e. The van der Waals surface area contributed by atoms with Crippen molar-refractivity contribution in [3.63, 3.8) is 0 Å². The monoisotopic (exact) mass is 742 g/mol. The van der Waals surface area contributed by atoms with Crippen LogP contribution in [-0.2, 0) is 31.3 Å². The van der Waals surface area contributed by atoms with Gasteiger partial charge in [0, 0.05) is 36.1 Å². The first-order valence-electron chi connectivity index (χ1n) is 18.0. The normalized spacial score (nSPS) is 11.7. The van der Waals surface area contributed by atoms with Crippen molar-refractivity contribution in [1.82, 2.24) is 0 Å². The Morgan fingerprint density at radius 3 is 1.20 bits per heavy atom. The van der Waals surface area contributed by atoms with Gasteiger partial charge in [0.2, 0.25) is 11.8 Å². The number of anilines is 2. The van der Waals surface area contributed by atoms with Crippen LogP contribution in [0, 0.1) is 47.6 Å². The van der Waals surface area contributed by atoms with Gasteiger partial charge in [0.05, 0.1) is 0 Å². The number of halogens is 4. The standard InChI is InChI=1S/2C16H22F2NO.2C5H5.Ti/c2*1-2-3-4-5-6-7-8-9-16(20)19-15-11-10-13(17)12-14(15)18;2*1-2-4-5-3-1;/h2*10-11H,2-9H2,1H3,(H,19,20);2*1-3H,4H2;/q4*-1;+4. The van der Waals surface area contributed by atoms with E-state index in [2.05, 4.69) is 48.8 Å².